The van der Waals surface area contributed by atoms with Crippen molar-refractivity contribution in [1.29, 1.82) is 0 Å². The molecule has 152 valence electrons. The van der Waals surface area contributed by atoms with Gasteiger partial charge in [0.05, 0.1) is 10.6 Å². The van der Waals surface area contributed by atoms with Crippen molar-refractivity contribution in [3.8, 4) is 11.5 Å². The number of anilines is 1. The van der Waals surface area contributed by atoms with Crippen LogP contribution in [0.15, 0.2) is 78.9 Å². The highest BCUT2D eigenvalue weighted by atomic mass is 35.5. The second-order valence-corrected chi connectivity index (χ2v) is 7.46. The van der Waals surface area contributed by atoms with Crippen molar-refractivity contribution >= 4 is 29.1 Å². The fourth-order valence-electron chi connectivity index (χ4n) is 3.51. The SMILES string of the molecule is C[C@@H]1C(=O)N(c2ccc(Oc3ccccc3)cc2)CCN1C(=O)c1ccccc1Cl. The number of amides is 2. The molecule has 1 heterocycles. The molecular formula is C24H21ClN2O3. The highest BCUT2D eigenvalue weighted by Gasteiger charge is 2.35. The van der Waals surface area contributed by atoms with Gasteiger partial charge in [-0.3, -0.25) is 9.59 Å². The molecule has 0 N–H and O–H groups in total. The Balaban J connectivity index is 1.46. The summed E-state index contributed by atoms with van der Waals surface area (Å²) < 4.78 is 5.81. The van der Waals surface area contributed by atoms with Gasteiger partial charge in [0.25, 0.3) is 5.91 Å². The largest absolute Gasteiger partial charge is 0.457 e. The van der Waals surface area contributed by atoms with Gasteiger partial charge < -0.3 is 14.5 Å². The number of para-hydroxylation sites is 1. The van der Waals surface area contributed by atoms with Crippen LogP contribution in [0.2, 0.25) is 5.02 Å². The maximum absolute atomic E-state index is 13.0. The smallest absolute Gasteiger partial charge is 0.256 e. The Labute approximate surface area is 180 Å². The Hall–Kier alpha value is -3.31. The third kappa shape index (κ3) is 4.02. The summed E-state index contributed by atoms with van der Waals surface area (Å²) in [6.07, 6.45) is 0. The summed E-state index contributed by atoms with van der Waals surface area (Å²) >= 11 is 6.17. The normalized spacial score (nSPS) is 16.5. The molecule has 2 amide bonds. The van der Waals surface area contributed by atoms with Gasteiger partial charge >= 0.3 is 0 Å². The first-order valence-corrected chi connectivity index (χ1v) is 10.1. The van der Waals surface area contributed by atoms with E-state index >= 15 is 0 Å². The first-order valence-electron chi connectivity index (χ1n) is 9.74. The average molecular weight is 421 g/mol. The number of benzene rings is 3. The van der Waals surface area contributed by atoms with Gasteiger partial charge in [-0.05, 0) is 55.5 Å². The van der Waals surface area contributed by atoms with Crippen LogP contribution in [0.25, 0.3) is 0 Å². The van der Waals surface area contributed by atoms with Crippen molar-refractivity contribution in [1.82, 2.24) is 4.90 Å². The molecule has 0 saturated carbocycles. The lowest BCUT2D eigenvalue weighted by molar-refractivity contribution is -0.124. The molecule has 3 aromatic carbocycles. The van der Waals surface area contributed by atoms with Gasteiger partial charge in [0, 0.05) is 18.8 Å². The molecule has 30 heavy (non-hydrogen) atoms. The molecule has 1 aliphatic rings. The third-order valence-electron chi connectivity index (χ3n) is 5.15. The van der Waals surface area contributed by atoms with E-state index in [1.54, 1.807) is 41.0 Å². The Bertz CT molecular complexity index is 1050. The predicted molar refractivity (Wildman–Crippen MR) is 117 cm³/mol. The lowest BCUT2D eigenvalue weighted by atomic mass is 10.1. The van der Waals surface area contributed by atoms with Crippen LogP contribution in [0.4, 0.5) is 5.69 Å². The molecule has 1 aliphatic heterocycles. The molecule has 6 heteroatoms. The summed E-state index contributed by atoms with van der Waals surface area (Å²) in [5, 5.41) is 0.388. The molecule has 0 aromatic heterocycles. The number of hydrogen-bond donors (Lipinski definition) is 0. The fraction of sp³-hybridized carbons (Fsp3) is 0.167. The number of hydrogen-bond acceptors (Lipinski definition) is 3. The van der Waals surface area contributed by atoms with Crippen LogP contribution in [0.3, 0.4) is 0 Å². The minimum atomic E-state index is -0.581. The first kappa shape index (κ1) is 20.0. The van der Waals surface area contributed by atoms with Crippen LogP contribution in [-0.4, -0.2) is 35.8 Å². The van der Waals surface area contributed by atoms with Crippen LogP contribution in [0, 0.1) is 0 Å². The van der Waals surface area contributed by atoms with E-state index in [9.17, 15) is 9.59 Å². The van der Waals surface area contributed by atoms with E-state index in [1.807, 2.05) is 54.6 Å². The molecule has 0 bridgehead atoms. The standard InChI is InChI=1S/C24H21ClN2O3/c1-17-23(28)27(16-15-26(17)24(29)21-9-5-6-10-22(21)25)18-11-13-20(14-12-18)30-19-7-3-2-4-8-19/h2-14,17H,15-16H2,1H3/t17-/m1/s1. The fourth-order valence-corrected chi connectivity index (χ4v) is 3.73. The zero-order valence-corrected chi connectivity index (χ0v) is 17.3. The van der Waals surface area contributed by atoms with Crippen molar-refractivity contribution in [2.75, 3.05) is 18.0 Å². The van der Waals surface area contributed by atoms with Crippen molar-refractivity contribution in [2.45, 2.75) is 13.0 Å². The quantitative estimate of drug-likeness (QED) is 0.596. The summed E-state index contributed by atoms with van der Waals surface area (Å²) in [4.78, 5) is 29.2. The molecule has 1 atom stereocenters. The molecule has 3 aromatic rings. The van der Waals surface area contributed by atoms with Gasteiger partial charge in [0.2, 0.25) is 5.91 Å². The summed E-state index contributed by atoms with van der Waals surface area (Å²) in [5.74, 6) is 1.09. The summed E-state index contributed by atoms with van der Waals surface area (Å²) in [6.45, 7) is 2.59. The molecule has 4 rings (SSSR count). The van der Waals surface area contributed by atoms with Crippen molar-refractivity contribution in [3.05, 3.63) is 89.4 Å². The summed E-state index contributed by atoms with van der Waals surface area (Å²) in [6, 6.07) is 23.2. The van der Waals surface area contributed by atoms with E-state index in [-0.39, 0.29) is 11.8 Å². The first-order chi connectivity index (χ1) is 14.5. The molecule has 1 saturated heterocycles. The average Bonchev–Trinajstić information content (AvgIpc) is 2.77. The van der Waals surface area contributed by atoms with Gasteiger partial charge in [-0.2, -0.15) is 0 Å². The maximum atomic E-state index is 13.0. The van der Waals surface area contributed by atoms with Gasteiger partial charge in [0.1, 0.15) is 17.5 Å². The topological polar surface area (TPSA) is 49.9 Å². The van der Waals surface area contributed by atoms with Crippen LogP contribution in [0.5, 0.6) is 11.5 Å². The van der Waals surface area contributed by atoms with Gasteiger partial charge in [0.15, 0.2) is 0 Å². The Morgan fingerprint density at radius 1 is 0.900 bits per heavy atom. The minimum Gasteiger partial charge on any atom is -0.457 e. The van der Waals surface area contributed by atoms with E-state index in [0.29, 0.717) is 29.4 Å². The van der Waals surface area contributed by atoms with E-state index in [1.165, 1.54) is 0 Å². The molecule has 0 radical (unpaired) electrons. The number of piperazine rings is 1. The number of carbonyl (C=O) groups excluding carboxylic acids is 2. The van der Waals surface area contributed by atoms with Gasteiger partial charge in [-0.25, -0.2) is 0 Å². The lowest BCUT2D eigenvalue weighted by Crippen LogP contribution is -2.57. The van der Waals surface area contributed by atoms with E-state index in [0.717, 1.165) is 11.4 Å². The number of carbonyl (C=O) groups is 2. The lowest BCUT2D eigenvalue weighted by Gasteiger charge is -2.39. The Morgan fingerprint density at radius 3 is 2.23 bits per heavy atom. The zero-order valence-electron chi connectivity index (χ0n) is 16.5. The molecular weight excluding hydrogens is 400 g/mol. The van der Waals surface area contributed by atoms with Crippen LogP contribution in [-0.2, 0) is 4.79 Å². The second-order valence-electron chi connectivity index (χ2n) is 7.05. The predicted octanol–water partition coefficient (Wildman–Crippen LogP) is 5.01. The zero-order chi connectivity index (χ0) is 21.1. The van der Waals surface area contributed by atoms with Crippen molar-refractivity contribution in [3.63, 3.8) is 0 Å². The summed E-state index contributed by atoms with van der Waals surface area (Å²) in [5.41, 5.74) is 1.19. The van der Waals surface area contributed by atoms with E-state index < -0.39 is 6.04 Å². The molecule has 1 fully saturated rings. The maximum Gasteiger partial charge on any atom is 0.256 e. The number of halogens is 1. The van der Waals surface area contributed by atoms with E-state index in [4.69, 9.17) is 16.3 Å². The second kappa shape index (κ2) is 8.59. The number of ether oxygens (including phenoxy) is 1. The highest BCUT2D eigenvalue weighted by molar-refractivity contribution is 6.33. The monoisotopic (exact) mass is 420 g/mol. The third-order valence-corrected chi connectivity index (χ3v) is 5.48. The number of nitrogens with zero attached hydrogens (tertiary/aromatic N) is 2. The molecule has 0 unspecified atom stereocenters. The van der Waals surface area contributed by atoms with E-state index in [2.05, 4.69) is 0 Å². The van der Waals surface area contributed by atoms with Crippen LogP contribution < -0.4 is 9.64 Å². The molecule has 0 spiro atoms. The van der Waals surface area contributed by atoms with Crippen molar-refractivity contribution in [2.24, 2.45) is 0 Å². The molecule has 0 aliphatic carbocycles. The Kier molecular flexibility index (Phi) is 5.72. The molecule has 5 nitrogen and oxygen atoms in total. The van der Waals surface area contributed by atoms with Crippen molar-refractivity contribution < 1.29 is 14.3 Å². The van der Waals surface area contributed by atoms with Crippen LogP contribution in [0.1, 0.15) is 17.3 Å². The van der Waals surface area contributed by atoms with Gasteiger partial charge in [-0.1, -0.05) is 41.9 Å². The summed E-state index contributed by atoms with van der Waals surface area (Å²) in [7, 11) is 0. The highest BCUT2D eigenvalue weighted by Crippen LogP contribution is 2.27. The van der Waals surface area contributed by atoms with Gasteiger partial charge in [-0.15, -0.1) is 0 Å². The number of rotatable bonds is 4. The minimum absolute atomic E-state index is 0.126. The van der Waals surface area contributed by atoms with Crippen LogP contribution >= 0.6 is 11.6 Å². The Morgan fingerprint density at radius 2 is 1.53 bits per heavy atom.